The van der Waals surface area contributed by atoms with Gasteiger partial charge in [0.2, 0.25) is 11.7 Å². The number of rotatable bonds is 6. The molecule has 2 unspecified atom stereocenters. The van der Waals surface area contributed by atoms with Gasteiger partial charge in [-0.2, -0.15) is 20.2 Å². The van der Waals surface area contributed by atoms with Crippen LogP contribution in [0.2, 0.25) is 0 Å². The van der Waals surface area contributed by atoms with Crippen LogP contribution in [-0.4, -0.2) is 80.2 Å². The van der Waals surface area contributed by atoms with Gasteiger partial charge in [-0.15, -0.1) is 11.3 Å². The third-order valence-corrected chi connectivity index (χ3v) is 10.7. The number of fused-ring (bicyclic) bond motifs is 2. The molecule has 3 aromatic rings. The number of nitrogen functional groups attached to an aromatic ring is 1. The molecule has 4 aliphatic rings. The number of hydrogen-bond acceptors (Lipinski definition) is 12. The largest absolute Gasteiger partial charge is 0.461 e. The van der Waals surface area contributed by atoms with Gasteiger partial charge in [-0.25, -0.2) is 4.39 Å². The number of nitriles is 1. The molecule has 42 heavy (non-hydrogen) atoms. The van der Waals surface area contributed by atoms with Gasteiger partial charge >= 0.3 is 6.01 Å². The van der Waals surface area contributed by atoms with E-state index < -0.39 is 17.2 Å². The van der Waals surface area contributed by atoms with Crippen molar-refractivity contribution in [1.82, 2.24) is 25.0 Å². The minimum absolute atomic E-state index is 0.161. The van der Waals surface area contributed by atoms with Gasteiger partial charge in [0.25, 0.3) is 0 Å². The summed E-state index contributed by atoms with van der Waals surface area (Å²) < 4.78 is 26.4. The Kier molecular flexibility index (Phi) is 6.45. The fourth-order valence-corrected chi connectivity index (χ4v) is 8.59. The van der Waals surface area contributed by atoms with E-state index in [9.17, 15) is 14.8 Å². The van der Waals surface area contributed by atoms with Crippen molar-refractivity contribution >= 4 is 22.2 Å². The molecule has 0 amide bonds. The number of aliphatic hydroxyl groups is 1. The van der Waals surface area contributed by atoms with Gasteiger partial charge in [-0.3, -0.25) is 4.90 Å². The number of halogens is 1. The van der Waals surface area contributed by atoms with Crippen LogP contribution in [0.4, 0.5) is 15.2 Å². The molecule has 3 aromatic heterocycles. The lowest BCUT2D eigenvalue weighted by molar-refractivity contribution is 0.0446. The number of aryl methyl sites for hydroxylation is 1. The monoisotopic (exact) mass is 594 g/mol. The van der Waals surface area contributed by atoms with Gasteiger partial charge in [0.1, 0.15) is 35.4 Å². The number of ether oxygens (including phenoxy) is 1. The number of alkyl halides is 1. The molecule has 222 valence electrons. The molecular weight excluding hydrogens is 559 g/mol. The first-order chi connectivity index (χ1) is 20.1. The molecule has 1 aliphatic carbocycles. The zero-order valence-corrected chi connectivity index (χ0v) is 24.7. The van der Waals surface area contributed by atoms with Crippen molar-refractivity contribution in [3.63, 3.8) is 0 Å². The Morgan fingerprint density at radius 2 is 2.07 bits per heavy atom. The first-order valence-corrected chi connectivity index (χ1v) is 15.5. The lowest BCUT2D eigenvalue weighted by Gasteiger charge is -2.37. The first-order valence-electron chi connectivity index (χ1n) is 14.6. The van der Waals surface area contributed by atoms with E-state index in [2.05, 4.69) is 21.1 Å². The highest BCUT2D eigenvalue weighted by atomic mass is 32.1. The summed E-state index contributed by atoms with van der Waals surface area (Å²) in [7, 11) is 0. The van der Waals surface area contributed by atoms with Crippen LogP contribution in [0.3, 0.4) is 0 Å². The average Bonchev–Trinajstić information content (AvgIpc) is 3.75. The minimum atomic E-state index is -0.859. The van der Waals surface area contributed by atoms with E-state index in [-0.39, 0.29) is 17.4 Å². The van der Waals surface area contributed by atoms with Crippen molar-refractivity contribution in [1.29, 1.82) is 5.26 Å². The number of nitrogens with two attached hydrogens (primary N) is 1. The standard InChI is InChI=1S/C29H35FN8O3S/c1-27(39)6-3-9-37(15-27)21-11-19(33-26(34-21)40-16-29-7-4-10-38(29)14-17(30)12-29)24-35-25(41-36-24)28(2)8-5-20-22(28)18(13-31)23(32)42-20/h11,17,39H,3-10,12,14-16,32H2,1-2H3/t17-,27?,28?,29+/m1/s1. The van der Waals surface area contributed by atoms with Gasteiger partial charge in [0.15, 0.2) is 0 Å². The summed E-state index contributed by atoms with van der Waals surface area (Å²) in [5, 5.41) is 25.4. The highest BCUT2D eigenvalue weighted by molar-refractivity contribution is 7.16. The van der Waals surface area contributed by atoms with Crippen LogP contribution in [0.15, 0.2) is 10.6 Å². The van der Waals surface area contributed by atoms with Crippen LogP contribution in [0.5, 0.6) is 6.01 Å². The van der Waals surface area contributed by atoms with Crippen LogP contribution < -0.4 is 15.4 Å². The molecule has 0 bridgehead atoms. The number of aromatic nitrogens is 4. The normalized spacial score (nSPS) is 30.8. The molecule has 6 heterocycles. The Morgan fingerprint density at radius 3 is 2.88 bits per heavy atom. The lowest BCUT2D eigenvalue weighted by Crippen LogP contribution is -2.46. The van der Waals surface area contributed by atoms with Gasteiger partial charge in [0, 0.05) is 42.6 Å². The second-order valence-electron chi connectivity index (χ2n) is 12.8. The van der Waals surface area contributed by atoms with Crippen molar-refractivity contribution in [3.8, 4) is 23.6 Å². The third-order valence-electron chi connectivity index (χ3n) is 9.57. The highest BCUT2D eigenvalue weighted by Gasteiger charge is 2.49. The zero-order chi connectivity index (χ0) is 29.3. The fraction of sp³-hybridized carbons (Fsp3) is 0.621. The topological polar surface area (TPSA) is 150 Å². The van der Waals surface area contributed by atoms with Crippen LogP contribution >= 0.6 is 11.3 Å². The molecule has 0 saturated carbocycles. The Labute approximate surface area is 247 Å². The van der Waals surface area contributed by atoms with Crippen LogP contribution in [-0.2, 0) is 11.8 Å². The smallest absolute Gasteiger partial charge is 0.319 e. The SMILES string of the molecule is CC1(O)CCCN(c2cc(-c3noc(C4(C)CCc5sc(N)c(C#N)c54)n3)nc(OC[C@@]34CCCN3C[C@H](F)C4)n2)C1. The Morgan fingerprint density at radius 1 is 1.24 bits per heavy atom. The molecule has 0 aromatic carbocycles. The summed E-state index contributed by atoms with van der Waals surface area (Å²) >= 11 is 1.45. The number of β-amino-alcohol motifs (C(OH)–C–C–N with tert-alkyl or cyclic N) is 1. The molecule has 0 spiro atoms. The molecule has 13 heteroatoms. The van der Waals surface area contributed by atoms with Gasteiger partial charge in [-0.05, 0) is 58.9 Å². The van der Waals surface area contributed by atoms with Gasteiger partial charge in [-0.1, -0.05) is 5.16 Å². The van der Waals surface area contributed by atoms with E-state index in [4.69, 9.17) is 25.0 Å². The molecular formula is C29H35FN8O3S. The maximum absolute atomic E-state index is 14.4. The minimum Gasteiger partial charge on any atom is -0.461 e. The van der Waals surface area contributed by atoms with Crippen molar-refractivity contribution in [2.45, 2.75) is 81.5 Å². The van der Waals surface area contributed by atoms with E-state index in [1.807, 2.05) is 18.7 Å². The summed E-state index contributed by atoms with van der Waals surface area (Å²) in [5.74, 6) is 1.28. The number of hydrogen-bond donors (Lipinski definition) is 2. The molecule has 4 atom stereocenters. The number of piperidine rings is 1. The second kappa shape index (κ2) is 9.86. The summed E-state index contributed by atoms with van der Waals surface area (Å²) in [6.07, 6.45) is 4.51. The first kappa shape index (κ1) is 27.5. The van der Waals surface area contributed by atoms with Crippen molar-refractivity contribution in [3.05, 3.63) is 28.0 Å². The van der Waals surface area contributed by atoms with E-state index in [1.165, 1.54) is 11.3 Å². The maximum Gasteiger partial charge on any atom is 0.319 e. The molecule has 3 saturated heterocycles. The summed E-state index contributed by atoms with van der Waals surface area (Å²) in [5.41, 5.74) is 6.09. The van der Waals surface area contributed by atoms with E-state index in [1.54, 1.807) is 6.07 Å². The molecule has 3 fully saturated rings. The van der Waals surface area contributed by atoms with E-state index in [0.717, 1.165) is 55.6 Å². The summed E-state index contributed by atoms with van der Waals surface area (Å²) in [4.78, 5) is 19.5. The molecule has 7 rings (SSSR count). The molecule has 3 aliphatic heterocycles. The Bertz CT molecular complexity index is 1570. The number of nitrogens with zero attached hydrogens (tertiary/aromatic N) is 7. The quantitative estimate of drug-likeness (QED) is 0.431. The van der Waals surface area contributed by atoms with Crippen LogP contribution in [0.25, 0.3) is 11.5 Å². The molecule has 11 nitrogen and oxygen atoms in total. The Balaban J connectivity index is 1.23. The zero-order valence-electron chi connectivity index (χ0n) is 23.9. The maximum atomic E-state index is 14.4. The van der Waals surface area contributed by atoms with E-state index in [0.29, 0.717) is 60.5 Å². The predicted molar refractivity (Wildman–Crippen MR) is 154 cm³/mol. The summed E-state index contributed by atoms with van der Waals surface area (Å²) in [6.45, 7) is 6.58. The molecule has 3 N–H and O–H groups in total. The number of anilines is 2. The van der Waals surface area contributed by atoms with Crippen LogP contribution in [0.1, 0.15) is 74.3 Å². The van der Waals surface area contributed by atoms with Gasteiger partial charge in [0.05, 0.1) is 22.1 Å². The average molecular weight is 595 g/mol. The van der Waals surface area contributed by atoms with Crippen molar-refractivity contribution in [2.24, 2.45) is 0 Å². The third kappa shape index (κ3) is 4.51. The van der Waals surface area contributed by atoms with Crippen molar-refractivity contribution in [2.75, 3.05) is 43.4 Å². The van der Waals surface area contributed by atoms with Gasteiger partial charge < -0.3 is 25.0 Å². The van der Waals surface area contributed by atoms with Crippen LogP contribution in [0, 0.1) is 11.3 Å². The van der Waals surface area contributed by atoms with E-state index >= 15 is 0 Å². The predicted octanol–water partition coefficient (Wildman–Crippen LogP) is 3.60. The number of thiophene rings is 1. The lowest BCUT2D eigenvalue weighted by atomic mass is 9.83. The second-order valence-corrected chi connectivity index (χ2v) is 13.9. The summed E-state index contributed by atoms with van der Waals surface area (Å²) in [6, 6.07) is 4.21. The van der Waals surface area contributed by atoms with Crippen molar-refractivity contribution < 1.29 is 18.8 Å². The molecule has 0 radical (unpaired) electrons. The fourth-order valence-electron chi connectivity index (χ4n) is 7.44. The highest BCUT2D eigenvalue weighted by Crippen LogP contribution is 2.50. The Hall–Kier alpha value is -3.34.